The van der Waals surface area contributed by atoms with Gasteiger partial charge in [0.15, 0.2) is 0 Å². The number of carbonyl (C=O) groups excluding carboxylic acids is 1. The van der Waals surface area contributed by atoms with Crippen LogP contribution in [0.3, 0.4) is 0 Å². The van der Waals surface area contributed by atoms with Crippen molar-refractivity contribution in [2.75, 3.05) is 0 Å². The van der Waals surface area contributed by atoms with Gasteiger partial charge in [0.2, 0.25) is 5.91 Å². The molecule has 3 nitrogen and oxygen atoms in total. The lowest BCUT2D eigenvalue weighted by Crippen LogP contribution is -2.45. The molecule has 21 heavy (non-hydrogen) atoms. The fraction of sp³-hybridized carbons (Fsp3) is 0.562. The number of amides is 1. The van der Waals surface area contributed by atoms with E-state index in [9.17, 15) is 4.79 Å². The Morgan fingerprint density at radius 1 is 1.33 bits per heavy atom. The number of rotatable bonds is 6. The third kappa shape index (κ3) is 4.60. The summed E-state index contributed by atoms with van der Waals surface area (Å²) in [7, 11) is 0. The summed E-state index contributed by atoms with van der Waals surface area (Å²) < 4.78 is 0. The van der Waals surface area contributed by atoms with E-state index in [4.69, 9.17) is 28.9 Å². The van der Waals surface area contributed by atoms with E-state index in [-0.39, 0.29) is 5.91 Å². The molecular weight excluding hydrogens is 307 g/mol. The first-order valence-corrected chi connectivity index (χ1v) is 8.14. The van der Waals surface area contributed by atoms with E-state index in [1.54, 1.807) is 6.07 Å². The van der Waals surface area contributed by atoms with Gasteiger partial charge in [0.1, 0.15) is 0 Å². The number of hydrogen-bond donors (Lipinski definition) is 1. The molecule has 5 heteroatoms. The van der Waals surface area contributed by atoms with Gasteiger partial charge >= 0.3 is 0 Å². The van der Waals surface area contributed by atoms with Crippen LogP contribution in [-0.4, -0.2) is 22.9 Å². The molecule has 0 heterocycles. The van der Waals surface area contributed by atoms with Gasteiger partial charge in [-0.15, -0.1) is 0 Å². The van der Waals surface area contributed by atoms with Gasteiger partial charge in [-0.3, -0.25) is 4.79 Å². The molecule has 0 spiro atoms. The maximum absolute atomic E-state index is 12.6. The second kappa shape index (κ2) is 6.99. The molecule has 0 bridgehead atoms. The third-order valence-corrected chi connectivity index (χ3v) is 4.39. The number of halogens is 2. The van der Waals surface area contributed by atoms with Crippen LogP contribution in [0.25, 0.3) is 0 Å². The van der Waals surface area contributed by atoms with Crippen LogP contribution in [0.1, 0.15) is 38.7 Å². The van der Waals surface area contributed by atoms with Gasteiger partial charge in [-0.1, -0.05) is 43.1 Å². The van der Waals surface area contributed by atoms with Crippen molar-refractivity contribution in [3.63, 3.8) is 0 Å². The first-order chi connectivity index (χ1) is 9.88. The van der Waals surface area contributed by atoms with Crippen molar-refractivity contribution in [1.82, 2.24) is 4.90 Å². The van der Waals surface area contributed by atoms with Crippen molar-refractivity contribution >= 4 is 29.1 Å². The topological polar surface area (TPSA) is 46.3 Å². The zero-order valence-corrected chi connectivity index (χ0v) is 14.0. The highest BCUT2D eigenvalue weighted by molar-refractivity contribution is 6.42. The maximum Gasteiger partial charge on any atom is 0.240 e. The van der Waals surface area contributed by atoms with Gasteiger partial charge in [-0.2, -0.15) is 0 Å². The molecule has 1 saturated carbocycles. The van der Waals surface area contributed by atoms with Crippen LogP contribution in [0.2, 0.25) is 10.0 Å². The third-order valence-electron chi connectivity index (χ3n) is 3.65. The van der Waals surface area contributed by atoms with E-state index in [1.807, 2.05) is 17.0 Å². The molecule has 116 valence electrons. The maximum atomic E-state index is 12.6. The fourth-order valence-electron chi connectivity index (χ4n) is 2.43. The lowest BCUT2D eigenvalue weighted by Gasteiger charge is -2.26. The monoisotopic (exact) mass is 328 g/mol. The summed E-state index contributed by atoms with van der Waals surface area (Å²) in [5.74, 6) is 0.451. The van der Waals surface area contributed by atoms with E-state index in [1.165, 1.54) is 0 Å². The molecule has 1 unspecified atom stereocenters. The SMILES string of the molecule is CC(C)CC(N)C(=O)N(Cc1ccc(Cl)c(Cl)c1)C1CC1. The Kier molecular flexibility index (Phi) is 5.53. The minimum absolute atomic E-state index is 0.0391. The Morgan fingerprint density at radius 3 is 2.52 bits per heavy atom. The zero-order chi connectivity index (χ0) is 15.6. The smallest absolute Gasteiger partial charge is 0.240 e. The largest absolute Gasteiger partial charge is 0.334 e. The average molecular weight is 329 g/mol. The van der Waals surface area contributed by atoms with Gasteiger partial charge < -0.3 is 10.6 Å². The van der Waals surface area contributed by atoms with Crippen LogP contribution in [0.4, 0.5) is 0 Å². The molecule has 0 saturated heterocycles. The van der Waals surface area contributed by atoms with Crippen LogP contribution in [0.15, 0.2) is 18.2 Å². The molecule has 1 atom stereocenters. The number of hydrogen-bond acceptors (Lipinski definition) is 2. The summed E-state index contributed by atoms with van der Waals surface area (Å²) in [5.41, 5.74) is 7.04. The van der Waals surface area contributed by atoms with Crippen LogP contribution in [-0.2, 0) is 11.3 Å². The molecule has 2 N–H and O–H groups in total. The van der Waals surface area contributed by atoms with Crippen LogP contribution >= 0.6 is 23.2 Å². The van der Waals surface area contributed by atoms with Gasteiger partial charge in [-0.25, -0.2) is 0 Å². The van der Waals surface area contributed by atoms with E-state index in [0.717, 1.165) is 18.4 Å². The molecule has 1 amide bonds. The normalized spacial score (nSPS) is 16.1. The van der Waals surface area contributed by atoms with Gasteiger partial charge in [-0.05, 0) is 42.9 Å². The molecule has 1 aliphatic rings. The molecule has 1 aromatic carbocycles. The Bertz CT molecular complexity index is 515. The van der Waals surface area contributed by atoms with Crippen molar-refractivity contribution < 1.29 is 4.79 Å². The lowest BCUT2D eigenvalue weighted by molar-refractivity contribution is -0.134. The predicted octanol–water partition coefficient (Wildman–Crippen LogP) is 3.86. The first kappa shape index (κ1) is 16.6. The number of benzene rings is 1. The Labute approximate surface area is 136 Å². The Hall–Kier alpha value is -0.770. The van der Waals surface area contributed by atoms with Gasteiger partial charge in [0.05, 0.1) is 16.1 Å². The van der Waals surface area contributed by atoms with Crippen LogP contribution in [0.5, 0.6) is 0 Å². The Morgan fingerprint density at radius 2 is 2.00 bits per heavy atom. The molecule has 0 radical (unpaired) electrons. The summed E-state index contributed by atoms with van der Waals surface area (Å²) in [6, 6.07) is 5.40. The molecule has 1 fully saturated rings. The minimum Gasteiger partial charge on any atom is -0.334 e. The highest BCUT2D eigenvalue weighted by Crippen LogP contribution is 2.30. The summed E-state index contributed by atoms with van der Waals surface area (Å²) in [5, 5.41) is 1.05. The average Bonchev–Trinajstić information content (AvgIpc) is 3.22. The molecular formula is C16H22Cl2N2O. The molecule has 1 aliphatic carbocycles. The van der Waals surface area contributed by atoms with Crippen molar-refractivity contribution in [3.05, 3.63) is 33.8 Å². The minimum atomic E-state index is -0.423. The van der Waals surface area contributed by atoms with Crippen molar-refractivity contribution in [3.8, 4) is 0 Å². The predicted molar refractivity (Wildman–Crippen MR) is 87.5 cm³/mol. The lowest BCUT2D eigenvalue weighted by atomic mass is 10.0. The molecule has 0 aliphatic heterocycles. The van der Waals surface area contributed by atoms with Crippen molar-refractivity contribution in [2.45, 2.75) is 51.7 Å². The van der Waals surface area contributed by atoms with Crippen molar-refractivity contribution in [1.29, 1.82) is 0 Å². The van der Waals surface area contributed by atoms with E-state index in [0.29, 0.717) is 35.0 Å². The molecule has 1 aromatic rings. The number of nitrogens with zero attached hydrogens (tertiary/aromatic N) is 1. The summed E-state index contributed by atoms with van der Waals surface area (Å²) in [6.07, 6.45) is 2.83. The molecule has 0 aromatic heterocycles. The van der Waals surface area contributed by atoms with Crippen LogP contribution < -0.4 is 5.73 Å². The highest BCUT2D eigenvalue weighted by atomic mass is 35.5. The quantitative estimate of drug-likeness (QED) is 0.861. The van der Waals surface area contributed by atoms with E-state index < -0.39 is 6.04 Å². The second-order valence-corrected chi connectivity index (χ2v) is 7.00. The second-order valence-electron chi connectivity index (χ2n) is 6.18. The van der Waals surface area contributed by atoms with Crippen LogP contribution in [0, 0.1) is 5.92 Å². The Balaban J connectivity index is 2.08. The first-order valence-electron chi connectivity index (χ1n) is 7.38. The summed E-state index contributed by atoms with van der Waals surface area (Å²) in [4.78, 5) is 14.5. The standard InChI is InChI=1S/C16H22Cl2N2O/c1-10(2)7-15(19)16(21)20(12-4-5-12)9-11-3-6-13(17)14(18)8-11/h3,6,8,10,12,15H,4-5,7,9,19H2,1-2H3. The number of nitrogens with two attached hydrogens (primary N) is 1. The van der Waals surface area contributed by atoms with Gasteiger partial charge in [0.25, 0.3) is 0 Å². The van der Waals surface area contributed by atoms with Crippen molar-refractivity contribution in [2.24, 2.45) is 11.7 Å². The highest BCUT2D eigenvalue weighted by Gasteiger charge is 2.34. The fourth-order valence-corrected chi connectivity index (χ4v) is 2.75. The molecule has 2 rings (SSSR count). The van der Waals surface area contributed by atoms with E-state index >= 15 is 0 Å². The van der Waals surface area contributed by atoms with Gasteiger partial charge in [0, 0.05) is 12.6 Å². The van der Waals surface area contributed by atoms with E-state index in [2.05, 4.69) is 13.8 Å². The number of carbonyl (C=O) groups is 1. The summed E-state index contributed by atoms with van der Waals surface area (Å²) >= 11 is 12.0. The summed E-state index contributed by atoms with van der Waals surface area (Å²) in [6.45, 7) is 4.70. The zero-order valence-electron chi connectivity index (χ0n) is 12.5.